The van der Waals surface area contributed by atoms with Crippen molar-refractivity contribution in [3.05, 3.63) is 69.3 Å². The molecule has 3 heterocycles. The third kappa shape index (κ3) is 3.07. The first-order valence-electron chi connectivity index (χ1n) is 11.1. The van der Waals surface area contributed by atoms with Gasteiger partial charge in [0, 0.05) is 35.1 Å². The summed E-state index contributed by atoms with van der Waals surface area (Å²) in [7, 11) is 0. The molecule has 0 N–H and O–H groups in total. The highest BCUT2D eigenvalue weighted by atomic mass is 79.9. The number of nitriles is 1. The third-order valence-electron chi connectivity index (χ3n) is 6.58. The highest BCUT2D eigenvalue weighted by Gasteiger charge is 2.33. The number of ether oxygens (including phenoxy) is 1. The van der Waals surface area contributed by atoms with Crippen LogP contribution in [0.2, 0.25) is 0 Å². The van der Waals surface area contributed by atoms with Gasteiger partial charge in [-0.25, -0.2) is 9.13 Å². The number of imidazole rings is 1. The van der Waals surface area contributed by atoms with Crippen molar-refractivity contribution >= 4 is 38.2 Å². The first-order valence-corrected chi connectivity index (χ1v) is 11.9. The zero-order valence-electron chi connectivity index (χ0n) is 18.9. The molecule has 0 unspecified atom stereocenters. The van der Waals surface area contributed by atoms with Crippen LogP contribution in [0.4, 0.5) is 5.69 Å². The molecule has 162 valence electrons. The molecule has 5 nitrogen and oxygen atoms in total. The van der Waals surface area contributed by atoms with E-state index in [1.54, 1.807) is 0 Å². The lowest BCUT2D eigenvalue weighted by atomic mass is 10.1. The van der Waals surface area contributed by atoms with Gasteiger partial charge in [0.1, 0.15) is 6.07 Å². The second-order valence-electron chi connectivity index (χ2n) is 8.35. The number of fused-ring (bicyclic) bond motifs is 4. The van der Waals surface area contributed by atoms with Gasteiger partial charge in [0.15, 0.2) is 16.8 Å². The third-order valence-corrected chi connectivity index (χ3v) is 7.23. The smallest absolute Gasteiger partial charge is 0.285 e. The Morgan fingerprint density at radius 3 is 2.66 bits per heavy atom. The standard InChI is InChI=1S/C26H26BrN4O/c1-5-29-23-11-16(3)17(4)12-24(23)32-25(29)8-7-18-9-10-31-21-13-19(15-28)20(27)14-22(21)30(6-2)26(18)31/h7-8,11-14H,5-6,9-10H2,1-4H3/q+1. The first kappa shape index (κ1) is 20.8. The van der Waals surface area contributed by atoms with E-state index in [0.717, 1.165) is 58.9 Å². The fourth-order valence-electron chi connectivity index (χ4n) is 4.81. The minimum atomic E-state index is 0.668. The number of halogens is 1. The molecule has 2 aliphatic heterocycles. The van der Waals surface area contributed by atoms with Crippen LogP contribution < -0.4 is 14.2 Å². The van der Waals surface area contributed by atoms with E-state index in [0.29, 0.717) is 5.56 Å². The molecule has 6 heteroatoms. The van der Waals surface area contributed by atoms with E-state index in [1.165, 1.54) is 22.5 Å². The average Bonchev–Trinajstić information content (AvgIpc) is 3.42. The van der Waals surface area contributed by atoms with E-state index < -0.39 is 0 Å². The SMILES string of the molecule is CCN1C(=CC=C2CCn3c2[n+](CC)c2cc(Br)c(C#N)cc23)Oc2cc(C)c(C)cc21. The minimum Gasteiger partial charge on any atom is -0.439 e. The van der Waals surface area contributed by atoms with Gasteiger partial charge in [-0.2, -0.15) is 5.26 Å². The largest absolute Gasteiger partial charge is 0.439 e. The summed E-state index contributed by atoms with van der Waals surface area (Å²) in [6.45, 7) is 11.2. The van der Waals surface area contributed by atoms with E-state index >= 15 is 0 Å². The fourth-order valence-corrected chi connectivity index (χ4v) is 5.23. The maximum Gasteiger partial charge on any atom is 0.285 e. The zero-order chi connectivity index (χ0) is 22.6. The molecule has 32 heavy (non-hydrogen) atoms. The summed E-state index contributed by atoms with van der Waals surface area (Å²) < 4.78 is 11.8. The Morgan fingerprint density at radius 1 is 1.16 bits per heavy atom. The molecule has 3 aromatic rings. The number of hydrogen-bond acceptors (Lipinski definition) is 3. The van der Waals surface area contributed by atoms with E-state index in [1.807, 2.05) is 6.07 Å². The molecule has 0 amide bonds. The molecule has 0 saturated carbocycles. The number of aromatic nitrogens is 2. The van der Waals surface area contributed by atoms with Gasteiger partial charge in [0.2, 0.25) is 5.88 Å². The number of benzene rings is 2. The summed E-state index contributed by atoms with van der Waals surface area (Å²) in [5.74, 6) is 3.01. The number of aryl methyl sites for hydroxylation is 4. The molecule has 5 rings (SSSR count). The van der Waals surface area contributed by atoms with E-state index in [2.05, 4.69) is 94.1 Å². The highest BCUT2D eigenvalue weighted by molar-refractivity contribution is 9.10. The normalized spacial score (nSPS) is 17.2. The van der Waals surface area contributed by atoms with Crippen LogP contribution in [-0.2, 0) is 13.1 Å². The van der Waals surface area contributed by atoms with Crippen molar-refractivity contribution < 1.29 is 9.30 Å². The molecule has 0 fully saturated rings. The average molecular weight is 490 g/mol. The molecule has 2 aromatic carbocycles. The van der Waals surface area contributed by atoms with Crippen molar-refractivity contribution in [2.75, 3.05) is 11.4 Å². The quantitative estimate of drug-likeness (QED) is 0.440. The topological polar surface area (TPSA) is 45.1 Å². The van der Waals surface area contributed by atoms with Crippen LogP contribution in [0.1, 0.15) is 42.8 Å². The fraction of sp³-hybridized carbons (Fsp3) is 0.308. The number of hydrogen-bond donors (Lipinski definition) is 0. The van der Waals surface area contributed by atoms with Crippen LogP contribution >= 0.6 is 15.9 Å². The van der Waals surface area contributed by atoms with Gasteiger partial charge in [-0.15, -0.1) is 0 Å². The Balaban J connectivity index is 1.59. The van der Waals surface area contributed by atoms with Gasteiger partial charge in [0.25, 0.3) is 5.82 Å². The van der Waals surface area contributed by atoms with Crippen LogP contribution in [0.3, 0.4) is 0 Å². The number of allylic oxidation sites excluding steroid dienone is 3. The zero-order valence-corrected chi connectivity index (χ0v) is 20.5. The molecule has 0 spiro atoms. The Kier molecular flexibility index (Phi) is 5.10. The van der Waals surface area contributed by atoms with Gasteiger partial charge in [-0.05, 0) is 79.0 Å². The molecule has 0 atom stereocenters. The van der Waals surface area contributed by atoms with E-state index in [9.17, 15) is 5.26 Å². The Labute approximate surface area is 197 Å². The molecule has 0 bridgehead atoms. The number of rotatable bonds is 3. The van der Waals surface area contributed by atoms with Crippen LogP contribution in [0.5, 0.6) is 5.75 Å². The van der Waals surface area contributed by atoms with Gasteiger partial charge >= 0.3 is 0 Å². The van der Waals surface area contributed by atoms with Gasteiger partial charge < -0.3 is 9.64 Å². The van der Waals surface area contributed by atoms with Crippen molar-refractivity contribution in [1.82, 2.24) is 4.57 Å². The Hall–Kier alpha value is -3.04. The van der Waals surface area contributed by atoms with Crippen LogP contribution in [-0.4, -0.2) is 11.1 Å². The maximum absolute atomic E-state index is 9.47. The second-order valence-corrected chi connectivity index (χ2v) is 9.20. The monoisotopic (exact) mass is 489 g/mol. The van der Waals surface area contributed by atoms with Crippen molar-refractivity contribution in [3.63, 3.8) is 0 Å². The summed E-state index contributed by atoms with van der Waals surface area (Å²) in [6.07, 6.45) is 5.27. The lowest BCUT2D eigenvalue weighted by Crippen LogP contribution is -2.35. The maximum atomic E-state index is 9.47. The Morgan fingerprint density at radius 2 is 1.94 bits per heavy atom. The molecular formula is C26H26BrN4O+. The highest BCUT2D eigenvalue weighted by Crippen LogP contribution is 2.41. The van der Waals surface area contributed by atoms with E-state index in [4.69, 9.17) is 4.74 Å². The molecule has 0 saturated heterocycles. The summed E-state index contributed by atoms with van der Waals surface area (Å²) in [5.41, 5.74) is 7.87. The van der Waals surface area contributed by atoms with Crippen molar-refractivity contribution in [3.8, 4) is 11.8 Å². The first-order chi connectivity index (χ1) is 15.5. The summed E-state index contributed by atoms with van der Waals surface area (Å²) in [4.78, 5) is 2.23. The lowest BCUT2D eigenvalue weighted by Gasteiger charge is -2.15. The molecule has 0 aliphatic carbocycles. The van der Waals surface area contributed by atoms with Crippen molar-refractivity contribution in [1.29, 1.82) is 5.26 Å². The predicted molar refractivity (Wildman–Crippen MR) is 130 cm³/mol. The summed E-state index contributed by atoms with van der Waals surface area (Å²) in [5, 5.41) is 9.47. The molecule has 0 radical (unpaired) electrons. The second kappa shape index (κ2) is 7.83. The lowest BCUT2D eigenvalue weighted by molar-refractivity contribution is -0.670. The van der Waals surface area contributed by atoms with Crippen molar-refractivity contribution in [2.24, 2.45) is 0 Å². The van der Waals surface area contributed by atoms with Crippen LogP contribution in [0.25, 0.3) is 16.6 Å². The van der Waals surface area contributed by atoms with Crippen molar-refractivity contribution in [2.45, 2.75) is 47.2 Å². The number of nitrogens with zero attached hydrogens (tertiary/aromatic N) is 4. The molecule has 2 aliphatic rings. The Bertz CT molecular complexity index is 1370. The van der Waals surface area contributed by atoms with E-state index in [-0.39, 0.29) is 0 Å². The van der Waals surface area contributed by atoms with Gasteiger partial charge in [0.05, 0.1) is 24.3 Å². The number of anilines is 1. The molecule has 1 aromatic heterocycles. The van der Waals surface area contributed by atoms with Gasteiger partial charge in [-0.3, -0.25) is 0 Å². The predicted octanol–water partition coefficient (Wildman–Crippen LogP) is 5.75. The van der Waals surface area contributed by atoms with Crippen LogP contribution in [0, 0.1) is 25.2 Å². The van der Waals surface area contributed by atoms with Crippen LogP contribution in [0.15, 0.2) is 46.8 Å². The minimum absolute atomic E-state index is 0.668. The molecular weight excluding hydrogens is 464 g/mol. The van der Waals surface area contributed by atoms with Gasteiger partial charge in [-0.1, -0.05) is 0 Å². The summed E-state index contributed by atoms with van der Waals surface area (Å²) in [6, 6.07) is 10.7. The summed E-state index contributed by atoms with van der Waals surface area (Å²) >= 11 is 3.55.